The van der Waals surface area contributed by atoms with Crippen molar-refractivity contribution < 1.29 is 13.5 Å². The average Bonchev–Trinajstić information content (AvgIpc) is 2.66. The van der Waals surface area contributed by atoms with Crippen LogP contribution in [0.3, 0.4) is 0 Å². The van der Waals surface area contributed by atoms with Gasteiger partial charge in [-0.3, -0.25) is 0 Å². The number of nitrogens with zero attached hydrogens (tertiary/aromatic N) is 1. The molecule has 4 nitrogen and oxygen atoms in total. The summed E-state index contributed by atoms with van der Waals surface area (Å²) >= 11 is 0. The number of rotatable bonds is 2. The number of phenols is 1. The van der Waals surface area contributed by atoms with Crippen molar-refractivity contribution in [2.75, 3.05) is 12.8 Å². The highest BCUT2D eigenvalue weighted by atomic mass is 32.2. The van der Waals surface area contributed by atoms with E-state index in [4.69, 9.17) is 0 Å². The monoisotopic (exact) mass is 241 g/mol. The SMILES string of the molecule is CS(=O)(=O)N1CCCC1c1ccc(O)cc1. The summed E-state index contributed by atoms with van der Waals surface area (Å²) in [5, 5.41) is 9.19. The third kappa shape index (κ3) is 2.20. The van der Waals surface area contributed by atoms with Gasteiger partial charge in [0.15, 0.2) is 0 Å². The zero-order chi connectivity index (χ0) is 11.8. The van der Waals surface area contributed by atoms with Gasteiger partial charge < -0.3 is 5.11 Å². The fraction of sp³-hybridized carbons (Fsp3) is 0.455. The Kier molecular flexibility index (Phi) is 2.90. The van der Waals surface area contributed by atoms with Gasteiger partial charge in [0.1, 0.15) is 5.75 Å². The van der Waals surface area contributed by atoms with Crippen LogP contribution in [0.4, 0.5) is 0 Å². The molecule has 0 saturated carbocycles. The first kappa shape index (κ1) is 11.4. The lowest BCUT2D eigenvalue weighted by Crippen LogP contribution is -2.29. The lowest BCUT2D eigenvalue weighted by molar-refractivity contribution is 0.400. The molecule has 88 valence electrons. The molecule has 0 spiro atoms. The van der Waals surface area contributed by atoms with Crippen LogP contribution in [-0.4, -0.2) is 30.6 Å². The Bertz CT molecular complexity index is 467. The number of benzene rings is 1. The predicted octanol–water partition coefficient (Wildman–Crippen LogP) is 1.49. The molecule has 1 saturated heterocycles. The minimum Gasteiger partial charge on any atom is -0.508 e. The Morgan fingerprint density at radius 2 is 1.94 bits per heavy atom. The molecule has 1 heterocycles. The van der Waals surface area contributed by atoms with E-state index in [1.165, 1.54) is 10.6 Å². The largest absolute Gasteiger partial charge is 0.508 e. The quantitative estimate of drug-likeness (QED) is 0.853. The van der Waals surface area contributed by atoms with E-state index in [0.717, 1.165) is 18.4 Å². The van der Waals surface area contributed by atoms with Crippen molar-refractivity contribution in [3.8, 4) is 5.75 Å². The van der Waals surface area contributed by atoms with Gasteiger partial charge in [0, 0.05) is 12.6 Å². The van der Waals surface area contributed by atoms with E-state index in [9.17, 15) is 13.5 Å². The van der Waals surface area contributed by atoms with Gasteiger partial charge in [-0.25, -0.2) is 8.42 Å². The summed E-state index contributed by atoms with van der Waals surface area (Å²) in [4.78, 5) is 0. The molecule has 0 aliphatic carbocycles. The fourth-order valence-corrected chi connectivity index (χ4v) is 3.32. The smallest absolute Gasteiger partial charge is 0.211 e. The summed E-state index contributed by atoms with van der Waals surface area (Å²) in [6, 6.07) is 6.67. The third-order valence-corrected chi connectivity index (χ3v) is 4.20. The molecular formula is C11H15NO3S. The van der Waals surface area contributed by atoms with Crippen molar-refractivity contribution >= 4 is 10.0 Å². The standard InChI is InChI=1S/C11H15NO3S/c1-16(14,15)12-8-2-3-11(12)9-4-6-10(13)7-5-9/h4-7,11,13H,2-3,8H2,1H3. The molecule has 0 radical (unpaired) electrons. The molecule has 2 rings (SSSR count). The van der Waals surface area contributed by atoms with E-state index in [-0.39, 0.29) is 11.8 Å². The number of hydrogen-bond donors (Lipinski definition) is 1. The van der Waals surface area contributed by atoms with E-state index in [1.807, 2.05) is 0 Å². The fourth-order valence-electron chi connectivity index (χ4n) is 2.17. The Morgan fingerprint density at radius 1 is 1.31 bits per heavy atom. The van der Waals surface area contributed by atoms with Gasteiger partial charge >= 0.3 is 0 Å². The second kappa shape index (κ2) is 4.07. The summed E-state index contributed by atoms with van der Waals surface area (Å²) in [5.41, 5.74) is 0.945. The molecule has 1 fully saturated rings. The summed E-state index contributed by atoms with van der Waals surface area (Å²) in [7, 11) is -3.14. The van der Waals surface area contributed by atoms with Gasteiger partial charge in [0.25, 0.3) is 0 Å². The first-order chi connectivity index (χ1) is 7.48. The molecule has 1 aliphatic heterocycles. The van der Waals surface area contributed by atoms with Crippen molar-refractivity contribution in [3.63, 3.8) is 0 Å². The first-order valence-corrected chi connectivity index (χ1v) is 7.09. The van der Waals surface area contributed by atoms with E-state index in [1.54, 1.807) is 24.3 Å². The third-order valence-electron chi connectivity index (χ3n) is 2.91. The lowest BCUT2D eigenvalue weighted by atomic mass is 10.1. The van der Waals surface area contributed by atoms with Gasteiger partial charge in [-0.1, -0.05) is 12.1 Å². The number of aromatic hydroxyl groups is 1. The maximum Gasteiger partial charge on any atom is 0.211 e. The van der Waals surface area contributed by atoms with E-state index in [0.29, 0.717) is 6.54 Å². The number of phenolic OH excluding ortho intramolecular Hbond substituents is 1. The van der Waals surface area contributed by atoms with Crippen LogP contribution in [0.5, 0.6) is 5.75 Å². The van der Waals surface area contributed by atoms with Gasteiger partial charge in [-0.15, -0.1) is 0 Å². The van der Waals surface area contributed by atoms with Crippen LogP contribution in [-0.2, 0) is 10.0 Å². The predicted molar refractivity (Wildman–Crippen MR) is 61.6 cm³/mol. The molecule has 1 aromatic carbocycles. The Labute approximate surface area is 95.6 Å². The van der Waals surface area contributed by atoms with Crippen molar-refractivity contribution in [2.24, 2.45) is 0 Å². The number of hydrogen-bond acceptors (Lipinski definition) is 3. The van der Waals surface area contributed by atoms with Crippen molar-refractivity contribution in [2.45, 2.75) is 18.9 Å². The molecule has 0 amide bonds. The van der Waals surface area contributed by atoms with Gasteiger partial charge in [-0.2, -0.15) is 4.31 Å². The molecule has 5 heteroatoms. The topological polar surface area (TPSA) is 57.6 Å². The number of sulfonamides is 1. The van der Waals surface area contributed by atoms with Crippen LogP contribution >= 0.6 is 0 Å². The Balaban J connectivity index is 2.30. The molecule has 1 aromatic rings. The molecule has 1 unspecified atom stereocenters. The zero-order valence-corrected chi connectivity index (χ0v) is 9.94. The minimum absolute atomic E-state index is 0.0735. The lowest BCUT2D eigenvalue weighted by Gasteiger charge is -2.22. The molecule has 1 atom stereocenters. The molecule has 0 aromatic heterocycles. The summed E-state index contributed by atoms with van der Waals surface area (Å²) in [6.07, 6.45) is 2.97. The highest BCUT2D eigenvalue weighted by Gasteiger charge is 2.32. The molecule has 1 N–H and O–H groups in total. The van der Waals surface area contributed by atoms with E-state index >= 15 is 0 Å². The van der Waals surface area contributed by atoms with Gasteiger partial charge in [0.2, 0.25) is 10.0 Å². The van der Waals surface area contributed by atoms with Crippen molar-refractivity contribution in [1.82, 2.24) is 4.31 Å². The normalized spacial score (nSPS) is 22.4. The minimum atomic E-state index is -3.14. The summed E-state index contributed by atoms with van der Waals surface area (Å²) in [5.74, 6) is 0.202. The average molecular weight is 241 g/mol. The van der Waals surface area contributed by atoms with Crippen LogP contribution in [0.15, 0.2) is 24.3 Å². The Hall–Kier alpha value is -1.07. The second-order valence-electron chi connectivity index (χ2n) is 4.12. The van der Waals surface area contributed by atoms with Gasteiger partial charge in [-0.05, 0) is 30.5 Å². The molecular weight excluding hydrogens is 226 g/mol. The molecule has 0 bridgehead atoms. The van der Waals surface area contributed by atoms with Gasteiger partial charge in [0.05, 0.1) is 6.26 Å². The van der Waals surface area contributed by atoms with Crippen LogP contribution in [0, 0.1) is 0 Å². The maximum atomic E-state index is 11.6. The maximum absolute atomic E-state index is 11.6. The molecule has 1 aliphatic rings. The Morgan fingerprint density at radius 3 is 2.50 bits per heavy atom. The van der Waals surface area contributed by atoms with E-state index < -0.39 is 10.0 Å². The van der Waals surface area contributed by atoms with Crippen molar-refractivity contribution in [3.05, 3.63) is 29.8 Å². The highest BCUT2D eigenvalue weighted by molar-refractivity contribution is 7.88. The van der Waals surface area contributed by atoms with Crippen LogP contribution < -0.4 is 0 Å². The van der Waals surface area contributed by atoms with Crippen LogP contribution in [0.25, 0.3) is 0 Å². The zero-order valence-electron chi connectivity index (χ0n) is 9.13. The van der Waals surface area contributed by atoms with Crippen LogP contribution in [0.1, 0.15) is 24.4 Å². The van der Waals surface area contributed by atoms with Crippen LogP contribution in [0.2, 0.25) is 0 Å². The summed E-state index contributed by atoms with van der Waals surface area (Å²) < 4.78 is 24.6. The highest BCUT2D eigenvalue weighted by Crippen LogP contribution is 2.34. The summed E-state index contributed by atoms with van der Waals surface area (Å²) in [6.45, 7) is 0.588. The van der Waals surface area contributed by atoms with E-state index in [2.05, 4.69) is 0 Å². The molecule has 16 heavy (non-hydrogen) atoms. The van der Waals surface area contributed by atoms with Crippen molar-refractivity contribution in [1.29, 1.82) is 0 Å². The second-order valence-corrected chi connectivity index (χ2v) is 6.06. The first-order valence-electron chi connectivity index (χ1n) is 5.24.